The number of methoxy groups -OCH3 is 1. The van der Waals surface area contributed by atoms with Gasteiger partial charge in [-0.3, -0.25) is 4.79 Å². The lowest BCUT2D eigenvalue weighted by atomic mass is 10.1. The van der Waals surface area contributed by atoms with Crippen molar-refractivity contribution in [3.05, 3.63) is 0 Å². The maximum absolute atomic E-state index is 11.2. The third-order valence-corrected chi connectivity index (χ3v) is 1.59. The van der Waals surface area contributed by atoms with Crippen molar-refractivity contribution in [3.8, 4) is 0 Å². The van der Waals surface area contributed by atoms with Gasteiger partial charge in [-0.1, -0.05) is 6.92 Å². The first-order valence-electron chi connectivity index (χ1n) is 3.88. The Balaban J connectivity index is 3.82. The second-order valence-electron chi connectivity index (χ2n) is 2.97. The molecule has 0 atom stereocenters. The molecule has 0 aromatic rings. The predicted octanol–water partition coefficient (Wildman–Crippen LogP) is 0.938. The smallest absolute Gasteiger partial charge is 0.251 e. The van der Waals surface area contributed by atoms with Crippen molar-refractivity contribution in [2.75, 3.05) is 13.7 Å². The highest BCUT2D eigenvalue weighted by Gasteiger charge is 2.25. The Morgan fingerprint density at radius 2 is 2.09 bits per heavy atom. The molecule has 0 rings (SSSR count). The molecule has 3 nitrogen and oxygen atoms in total. The van der Waals surface area contributed by atoms with Gasteiger partial charge in [0.05, 0.1) is 0 Å². The molecule has 0 saturated heterocycles. The summed E-state index contributed by atoms with van der Waals surface area (Å²) in [4.78, 5) is 11.2. The first-order chi connectivity index (χ1) is 5.04. The van der Waals surface area contributed by atoms with Gasteiger partial charge < -0.3 is 10.1 Å². The first kappa shape index (κ1) is 10.4. The Morgan fingerprint density at radius 3 is 2.45 bits per heavy atom. The van der Waals surface area contributed by atoms with Crippen LogP contribution in [-0.2, 0) is 9.53 Å². The van der Waals surface area contributed by atoms with Crippen LogP contribution in [0, 0.1) is 0 Å². The van der Waals surface area contributed by atoms with Gasteiger partial charge in [-0.25, -0.2) is 0 Å². The maximum Gasteiger partial charge on any atom is 0.251 e. The predicted molar refractivity (Wildman–Crippen MR) is 44.4 cm³/mol. The van der Waals surface area contributed by atoms with E-state index in [9.17, 15) is 4.79 Å². The van der Waals surface area contributed by atoms with Gasteiger partial charge in [0.15, 0.2) is 0 Å². The lowest BCUT2D eigenvalue weighted by Gasteiger charge is -2.21. The van der Waals surface area contributed by atoms with Crippen LogP contribution in [0.4, 0.5) is 0 Å². The third kappa shape index (κ3) is 3.37. The van der Waals surface area contributed by atoms with Crippen molar-refractivity contribution in [3.63, 3.8) is 0 Å². The molecular formula is C8H17NO2. The SMILES string of the molecule is CCCNC(=O)C(C)(C)OC. The van der Waals surface area contributed by atoms with Crippen LogP contribution >= 0.6 is 0 Å². The van der Waals surface area contributed by atoms with E-state index in [0.717, 1.165) is 6.42 Å². The van der Waals surface area contributed by atoms with E-state index in [1.807, 2.05) is 6.92 Å². The zero-order valence-electron chi connectivity index (χ0n) is 7.73. The summed E-state index contributed by atoms with van der Waals surface area (Å²) in [5, 5.41) is 2.76. The van der Waals surface area contributed by atoms with E-state index in [-0.39, 0.29) is 5.91 Å². The highest BCUT2D eigenvalue weighted by molar-refractivity contribution is 5.84. The molecule has 0 aromatic heterocycles. The molecule has 1 amide bonds. The molecule has 0 radical (unpaired) electrons. The summed E-state index contributed by atoms with van der Waals surface area (Å²) < 4.78 is 4.98. The highest BCUT2D eigenvalue weighted by atomic mass is 16.5. The van der Waals surface area contributed by atoms with Crippen LogP contribution in [0.2, 0.25) is 0 Å². The minimum Gasteiger partial charge on any atom is -0.369 e. The topological polar surface area (TPSA) is 38.3 Å². The van der Waals surface area contributed by atoms with Crippen LogP contribution in [0.1, 0.15) is 27.2 Å². The molecule has 0 aliphatic heterocycles. The Morgan fingerprint density at radius 1 is 1.55 bits per heavy atom. The third-order valence-electron chi connectivity index (χ3n) is 1.59. The lowest BCUT2D eigenvalue weighted by molar-refractivity contribution is -0.139. The summed E-state index contributed by atoms with van der Waals surface area (Å²) >= 11 is 0. The molecular weight excluding hydrogens is 142 g/mol. The van der Waals surface area contributed by atoms with Crippen molar-refractivity contribution in [1.29, 1.82) is 0 Å². The lowest BCUT2D eigenvalue weighted by Crippen LogP contribution is -2.43. The van der Waals surface area contributed by atoms with Gasteiger partial charge in [0.25, 0.3) is 5.91 Å². The van der Waals surface area contributed by atoms with Crippen LogP contribution in [0.25, 0.3) is 0 Å². The number of amides is 1. The minimum atomic E-state index is -0.699. The van der Waals surface area contributed by atoms with Crippen molar-refractivity contribution in [2.24, 2.45) is 0 Å². The number of hydrogen-bond donors (Lipinski definition) is 1. The molecule has 3 heteroatoms. The van der Waals surface area contributed by atoms with E-state index >= 15 is 0 Å². The number of nitrogens with one attached hydrogen (secondary N) is 1. The number of carbonyl (C=O) groups excluding carboxylic acids is 1. The Labute approximate surface area is 68.1 Å². The molecule has 0 fully saturated rings. The van der Waals surface area contributed by atoms with Crippen LogP contribution in [0.5, 0.6) is 0 Å². The van der Waals surface area contributed by atoms with Crippen molar-refractivity contribution in [2.45, 2.75) is 32.8 Å². The van der Waals surface area contributed by atoms with Gasteiger partial charge in [-0.05, 0) is 20.3 Å². The summed E-state index contributed by atoms with van der Waals surface area (Å²) in [6.45, 7) is 6.22. The van der Waals surface area contributed by atoms with Crippen molar-refractivity contribution < 1.29 is 9.53 Å². The Bertz CT molecular complexity index is 132. The van der Waals surface area contributed by atoms with Crippen LogP contribution in [-0.4, -0.2) is 25.2 Å². The van der Waals surface area contributed by atoms with Gasteiger partial charge in [0.2, 0.25) is 0 Å². The zero-order valence-corrected chi connectivity index (χ0v) is 7.73. The van der Waals surface area contributed by atoms with Crippen molar-refractivity contribution >= 4 is 5.91 Å². The van der Waals surface area contributed by atoms with Crippen LogP contribution in [0.3, 0.4) is 0 Å². The fourth-order valence-electron chi connectivity index (χ4n) is 0.544. The number of ether oxygens (including phenoxy) is 1. The molecule has 0 unspecified atom stereocenters. The minimum absolute atomic E-state index is 0.0538. The number of hydrogen-bond acceptors (Lipinski definition) is 2. The summed E-state index contributed by atoms with van der Waals surface area (Å²) in [5.74, 6) is -0.0538. The van der Waals surface area contributed by atoms with E-state index < -0.39 is 5.60 Å². The van der Waals surface area contributed by atoms with Gasteiger partial charge in [0.1, 0.15) is 5.60 Å². The van der Waals surface area contributed by atoms with Gasteiger partial charge in [0, 0.05) is 13.7 Å². The molecule has 66 valence electrons. The van der Waals surface area contributed by atoms with E-state index in [4.69, 9.17) is 4.74 Å². The molecule has 1 N–H and O–H groups in total. The maximum atomic E-state index is 11.2. The first-order valence-corrected chi connectivity index (χ1v) is 3.88. The van der Waals surface area contributed by atoms with Crippen molar-refractivity contribution in [1.82, 2.24) is 5.32 Å². The summed E-state index contributed by atoms with van der Waals surface area (Å²) in [7, 11) is 1.53. The van der Waals surface area contributed by atoms with E-state index in [1.54, 1.807) is 13.8 Å². The average Bonchev–Trinajstić information content (AvgIpc) is 2.00. The fourth-order valence-corrected chi connectivity index (χ4v) is 0.544. The van der Waals surface area contributed by atoms with Crippen LogP contribution in [0.15, 0.2) is 0 Å². The van der Waals surface area contributed by atoms with E-state index in [1.165, 1.54) is 7.11 Å². The Hall–Kier alpha value is -0.570. The molecule has 0 bridgehead atoms. The normalized spacial score (nSPS) is 11.3. The van der Waals surface area contributed by atoms with E-state index in [0.29, 0.717) is 6.54 Å². The largest absolute Gasteiger partial charge is 0.369 e. The average molecular weight is 159 g/mol. The standard InChI is InChI=1S/C8H17NO2/c1-5-6-9-7(10)8(2,3)11-4/h5-6H2,1-4H3,(H,9,10). The summed E-state index contributed by atoms with van der Waals surface area (Å²) in [6, 6.07) is 0. The molecule has 0 spiro atoms. The second-order valence-corrected chi connectivity index (χ2v) is 2.97. The Kier molecular flexibility index (Phi) is 4.11. The van der Waals surface area contributed by atoms with Gasteiger partial charge >= 0.3 is 0 Å². The fraction of sp³-hybridized carbons (Fsp3) is 0.875. The number of rotatable bonds is 4. The summed E-state index contributed by atoms with van der Waals surface area (Å²) in [5.41, 5.74) is -0.699. The van der Waals surface area contributed by atoms with E-state index in [2.05, 4.69) is 5.32 Å². The van der Waals surface area contributed by atoms with Gasteiger partial charge in [-0.15, -0.1) is 0 Å². The van der Waals surface area contributed by atoms with Crippen LogP contribution < -0.4 is 5.32 Å². The monoisotopic (exact) mass is 159 g/mol. The molecule has 0 aromatic carbocycles. The molecule has 0 heterocycles. The zero-order chi connectivity index (χ0) is 8.91. The highest BCUT2D eigenvalue weighted by Crippen LogP contribution is 2.06. The van der Waals surface area contributed by atoms with Gasteiger partial charge in [-0.2, -0.15) is 0 Å². The number of carbonyl (C=O) groups is 1. The molecule has 0 saturated carbocycles. The summed E-state index contributed by atoms with van der Waals surface area (Å²) in [6.07, 6.45) is 0.950. The quantitative estimate of drug-likeness (QED) is 0.663. The molecule has 0 aliphatic carbocycles. The molecule has 0 aliphatic rings. The second kappa shape index (κ2) is 4.34. The molecule has 11 heavy (non-hydrogen) atoms.